The molecule has 1 aromatic carbocycles. The minimum absolute atomic E-state index is 0.0524. The molecule has 11 heteroatoms. The predicted molar refractivity (Wildman–Crippen MR) is 109 cm³/mol. The van der Waals surface area contributed by atoms with Gasteiger partial charge in [0.1, 0.15) is 11.6 Å². The summed E-state index contributed by atoms with van der Waals surface area (Å²) in [4.78, 5) is 42.9. The SMILES string of the molecule is CNC(=O)C1CN(C(=O)c2ccc(C)[nH]c2=O)CCN1c1ccc(C#N)c(C(F)(F)F)c1. The zero-order chi connectivity index (χ0) is 23.6. The number of nitrogens with one attached hydrogen (secondary N) is 2. The van der Waals surface area contributed by atoms with Gasteiger partial charge in [-0.2, -0.15) is 18.4 Å². The van der Waals surface area contributed by atoms with E-state index in [1.807, 2.05) is 0 Å². The summed E-state index contributed by atoms with van der Waals surface area (Å²) in [5.74, 6) is -1.08. The first-order valence-electron chi connectivity index (χ1n) is 9.65. The van der Waals surface area contributed by atoms with Crippen LogP contribution in [0.1, 0.15) is 27.2 Å². The number of H-pyrrole nitrogens is 1. The highest BCUT2D eigenvalue weighted by Gasteiger charge is 2.38. The number of hydrogen-bond acceptors (Lipinski definition) is 5. The van der Waals surface area contributed by atoms with Gasteiger partial charge in [-0.25, -0.2) is 0 Å². The van der Waals surface area contributed by atoms with E-state index in [2.05, 4.69) is 10.3 Å². The van der Waals surface area contributed by atoms with Gasteiger partial charge in [-0.1, -0.05) is 0 Å². The maximum absolute atomic E-state index is 13.4. The summed E-state index contributed by atoms with van der Waals surface area (Å²) in [6.07, 6.45) is -4.74. The Balaban J connectivity index is 1.94. The number of aryl methyl sites for hydroxylation is 1. The molecule has 1 aliphatic rings. The molecule has 1 atom stereocenters. The zero-order valence-electron chi connectivity index (χ0n) is 17.3. The van der Waals surface area contributed by atoms with E-state index in [0.717, 1.165) is 12.1 Å². The third-order valence-corrected chi connectivity index (χ3v) is 5.26. The second-order valence-electron chi connectivity index (χ2n) is 7.30. The molecule has 1 saturated heterocycles. The minimum atomic E-state index is -4.74. The molecule has 2 aromatic rings. The van der Waals surface area contributed by atoms with Gasteiger partial charge in [0.25, 0.3) is 11.5 Å². The number of likely N-dealkylation sites (N-methyl/N-ethyl adjacent to an activating group) is 1. The topological polar surface area (TPSA) is 109 Å². The second-order valence-corrected chi connectivity index (χ2v) is 7.30. The number of hydrogen-bond donors (Lipinski definition) is 2. The van der Waals surface area contributed by atoms with E-state index in [1.54, 1.807) is 13.0 Å². The van der Waals surface area contributed by atoms with Crippen LogP contribution < -0.4 is 15.8 Å². The van der Waals surface area contributed by atoms with Crippen LogP contribution in [-0.4, -0.2) is 54.4 Å². The summed E-state index contributed by atoms with van der Waals surface area (Å²) in [6.45, 7) is 1.67. The third kappa shape index (κ3) is 4.44. The molecule has 32 heavy (non-hydrogen) atoms. The number of pyridine rings is 1. The van der Waals surface area contributed by atoms with Gasteiger partial charge in [0.2, 0.25) is 5.91 Å². The highest BCUT2D eigenvalue weighted by Crippen LogP contribution is 2.35. The number of anilines is 1. The van der Waals surface area contributed by atoms with Gasteiger partial charge < -0.3 is 20.1 Å². The molecule has 1 aliphatic heterocycles. The Hall–Kier alpha value is -3.81. The van der Waals surface area contributed by atoms with Crippen molar-refractivity contribution in [2.75, 3.05) is 31.6 Å². The van der Waals surface area contributed by atoms with Crippen molar-refractivity contribution in [2.24, 2.45) is 0 Å². The van der Waals surface area contributed by atoms with E-state index in [4.69, 9.17) is 5.26 Å². The van der Waals surface area contributed by atoms with Crippen LogP contribution in [0.4, 0.5) is 18.9 Å². The van der Waals surface area contributed by atoms with Crippen LogP contribution in [0.25, 0.3) is 0 Å². The van der Waals surface area contributed by atoms with Crippen LogP contribution >= 0.6 is 0 Å². The monoisotopic (exact) mass is 447 g/mol. The van der Waals surface area contributed by atoms with E-state index in [9.17, 15) is 27.6 Å². The molecule has 168 valence electrons. The van der Waals surface area contributed by atoms with Crippen LogP contribution in [0.2, 0.25) is 0 Å². The zero-order valence-corrected chi connectivity index (χ0v) is 17.3. The number of nitrogens with zero attached hydrogens (tertiary/aromatic N) is 3. The third-order valence-electron chi connectivity index (χ3n) is 5.26. The van der Waals surface area contributed by atoms with E-state index >= 15 is 0 Å². The summed E-state index contributed by atoms with van der Waals surface area (Å²) < 4.78 is 40.2. The molecule has 0 radical (unpaired) electrons. The lowest BCUT2D eigenvalue weighted by Gasteiger charge is -2.41. The van der Waals surface area contributed by atoms with E-state index in [-0.39, 0.29) is 30.9 Å². The first kappa shape index (κ1) is 22.9. The first-order valence-corrected chi connectivity index (χ1v) is 9.65. The lowest BCUT2D eigenvalue weighted by Crippen LogP contribution is -2.60. The number of halogens is 3. The maximum Gasteiger partial charge on any atom is 0.417 e. The summed E-state index contributed by atoms with van der Waals surface area (Å²) in [7, 11) is 1.38. The lowest BCUT2D eigenvalue weighted by molar-refractivity contribution is -0.137. The predicted octanol–water partition coefficient (Wildman–Crippen LogP) is 1.65. The van der Waals surface area contributed by atoms with Crippen molar-refractivity contribution in [3.63, 3.8) is 0 Å². The van der Waals surface area contributed by atoms with Gasteiger partial charge in [-0.15, -0.1) is 0 Å². The van der Waals surface area contributed by atoms with Crippen LogP contribution in [-0.2, 0) is 11.0 Å². The Bertz CT molecular complexity index is 1150. The van der Waals surface area contributed by atoms with Crippen molar-refractivity contribution < 1.29 is 22.8 Å². The van der Waals surface area contributed by atoms with Crippen LogP contribution in [0.5, 0.6) is 0 Å². The molecule has 2 N–H and O–H groups in total. The van der Waals surface area contributed by atoms with Gasteiger partial charge in [-0.3, -0.25) is 14.4 Å². The van der Waals surface area contributed by atoms with Crippen LogP contribution in [0, 0.1) is 18.3 Å². The van der Waals surface area contributed by atoms with Crippen molar-refractivity contribution in [1.82, 2.24) is 15.2 Å². The van der Waals surface area contributed by atoms with E-state index in [1.165, 1.54) is 35.0 Å². The molecule has 8 nitrogen and oxygen atoms in total. The number of aromatic nitrogens is 1. The van der Waals surface area contributed by atoms with Gasteiger partial charge in [0.15, 0.2) is 0 Å². The molecule has 2 amide bonds. The second kappa shape index (κ2) is 8.74. The van der Waals surface area contributed by atoms with Gasteiger partial charge >= 0.3 is 6.18 Å². The average Bonchev–Trinajstić information content (AvgIpc) is 2.76. The van der Waals surface area contributed by atoms with Crippen LogP contribution in [0.3, 0.4) is 0 Å². The molecule has 1 unspecified atom stereocenters. The standard InChI is InChI=1S/C21H20F3N5O3/c1-12-3-6-15(18(30)27-12)20(32)28-7-8-29(17(11-28)19(31)26-2)14-5-4-13(10-25)16(9-14)21(22,23)24/h3-6,9,17H,7-8,11H2,1-2H3,(H,26,31)(H,27,30). The first-order chi connectivity index (χ1) is 15.1. The number of alkyl halides is 3. The lowest BCUT2D eigenvalue weighted by atomic mass is 10.0. The summed E-state index contributed by atoms with van der Waals surface area (Å²) in [5, 5.41) is 11.5. The van der Waals surface area contributed by atoms with Crippen molar-refractivity contribution in [3.05, 3.63) is 63.1 Å². The number of carbonyl (C=O) groups excluding carboxylic acids is 2. The van der Waals surface area contributed by atoms with Gasteiger partial charge in [0.05, 0.1) is 23.7 Å². The molecular weight excluding hydrogens is 427 g/mol. The van der Waals surface area contributed by atoms with E-state index < -0.39 is 40.7 Å². The normalized spacial score (nSPS) is 16.4. The average molecular weight is 447 g/mol. The quantitative estimate of drug-likeness (QED) is 0.744. The Morgan fingerprint density at radius 3 is 2.53 bits per heavy atom. The Labute approximate surface area is 181 Å². The number of rotatable bonds is 3. The largest absolute Gasteiger partial charge is 0.417 e. The van der Waals surface area contributed by atoms with Crippen molar-refractivity contribution in [2.45, 2.75) is 19.1 Å². The van der Waals surface area contributed by atoms with Gasteiger partial charge in [-0.05, 0) is 37.3 Å². The highest BCUT2D eigenvalue weighted by atomic mass is 19.4. The fraction of sp³-hybridized carbons (Fsp3) is 0.333. The smallest absolute Gasteiger partial charge is 0.357 e. The van der Waals surface area contributed by atoms with Crippen molar-refractivity contribution in [3.8, 4) is 6.07 Å². The number of amides is 2. The molecule has 3 rings (SSSR count). The molecule has 0 saturated carbocycles. The van der Waals surface area contributed by atoms with Gasteiger partial charge in [0, 0.05) is 31.5 Å². The number of aromatic amines is 1. The number of piperazine rings is 1. The number of benzene rings is 1. The molecule has 1 aromatic heterocycles. The molecule has 0 bridgehead atoms. The summed E-state index contributed by atoms with van der Waals surface area (Å²) >= 11 is 0. The summed E-state index contributed by atoms with van der Waals surface area (Å²) in [5.41, 5.74) is -1.58. The fourth-order valence-corrected chi connectivity index (χ4v) is 3.62. The Morgan fingerprint density at radius 1 is 1.22 bits per heavy atom. The Kier molecular flexibility index (Phi) is 6.25. The maximum atomic E-state index is 13.4. The molecule has 2 heterocycles. The van der Waals surface area contributed by atoms with Crippen LogP contribution in [0.15, 0.2) is 35.1 Å². The molecule has 0 spiro atoms. The Morgan fingerprint density at radius 2 is 1.94 bits per heavy atom. The molecule has 0 aliphatic carbocycles. The summed E-state index contributed by atoms with van der Waals surface area (Å²) in [6, 6.07) is 6.74. The fourth-order valence-electron chi connectivity index (χ4n) is 3.62. The van der Waals surface area contributed by atoms with Crippen molar-refractivity contribution in [1.29, 1.82) is 5.26 Å². The number of carbonyl (C=O) groups is 2. The number of nitriles is 1. The van der Waals surface area contributed by atoms with E-state index in [0.29, 0.717) is 5.69 Å². The molecule has 1 fully saturated rings. The van der Waals surface area contributed by atoms with Crippen molar-refractivity contribution >= 4 is 17.5 Å². The minimum Gasteiger partial charge on any atom is -0.357 e. The highest BCUT2D eigenvalue weighted by molar-refractivity contribution is 5.95. The molecular formula is C21H20F3N5O3.